The van der Waals surface area contributed by atoms with Crippen molar-refractivity contribution < 1.29 is 4.79 Å². The fourth-order valence-corrected chi connectivity index (χ4v) is 3.54. The number of nitrogens with one attached hydrogen (secondary N) is 2. The van der Waals surface area contributed by atoms with Crippen molar-refractivity contribution in [3.8, 4) is 0 Å². The highest BCUT2D eigenvalue weighted by atomic mass is 16.2. The van der Waals surface area contributed by atoms with E-state index in [-0.39, 0.29) is 12.1 Å². The molecule has 0 saturated carbocycles. The molecule has 128 valence electrons. The lowest BCUT2D eigenvalue weighted by molar-refractivity contribution is 0.233. The fourth-order valence-electron chi connectivity index (χ4n) is 3.54. The summed E-state index contributed by atoms with van der Waals surface area (Å²) in [6.07, 6.45) is 2.89. The van der Waals surface area contributed by atoms with Crippen LogP contribution in [0.15, 0.2) is 42.6 Å². The number of fused-ring (bicyclic) bond motifs is 2. The minimum atomic E-state index is -0.182. The van der Waals surface area contributed by atoms with Gasteiger partial charge in [-0.05, 0) is 42.5 Å². The first kappa shape index (κ1) is 15.6. The van der Waals surface area contributed by atoms with Crippen LogP contribution in [0.3, 0.4) is 0 Å². The number of aromatic nitrogens is 3. The van der Waals surface area contributed by atoms with Crippen molar-refractivity contribution in [1.29, 1.82) is 0 Å². The van der Waals surface area contributed by atoms with Gasteiger partial charge < -0.3 is 10.6 Å². The molecule has 1 aliphatic carbocycles. The molecule has 1 aromatic carbocycles. The van der Waals surface area contributed by atoms with Gasteiger partial charge >= 0.3 is 6.03 Å². The van der Waals surface area contributed by atoms with E-state index in [9.17, 15) is 4.79 Å². The van der Waals surface area contributed by atoms with Crippen molar-refractivity contribution in [2.24, 2.45) is 5.92 Å². The summed E-state index contributed by atoms with van der Waals surface area (Å²) in [5.41, 5.74) is 4.55. The van der Waals surface area contributed by atoms with Crippen molar-refractivity contribution in [2.75, 3.05) is 0 Å². The first-order valence-electron chi connectivity index (χ1n) is 8.54. The number of urea groups is 1. The Morgan fingerprint density at radius 2 is 2.16 bits per heavy atom. The third-order valence-electron chi connectivity index (χ3n) is 4.83. The Morgan fingerprint density at radius 1 is 1.28 bits per heavy atom. The predicted molar refractivity (Wildman–Crippen MR) is 95.1 cm³/mol. The molecule has 3 aromatic rings. The van der Waals surface area contributed by atoms with Crippen LogP contribution in [0.5, 0.6) is 0 Å². The van der Waals surface area contributed by atoms with E-state index in [4.69, 9.17) is 0 Å². The van der Waals surface area contributed by atoms with Crippen molar-refractivity contribution >= 4 is 11.7 Å². The molecule has 6 heteroatoms. The number of aryl methyl sites for hydroxylation is 1. The maximum atomic E-state index is 12.4. The molecule has 6 nitrogen and oxygen atoms in total. The molecule has 0 radical (unpaired) electrons. The zero-order chi connectivity index (χ0) is 17.4. The van der Waals surface area contributed by atoms with Crippen LogP contribution in [0.2, 0.25) is 0 Å². The number of carbonyl (C=O) groups is 1. The summed E-state index contributed by atoms with van der Waals surface area (Å²) in [5, 5.41) is 14.2. The van der Waals surface area contributed by atoms with Gasteiger partial charge in [0.15, 0.2) is 11.5 Å². The smallest absolute Gasteiger partial charge is 0.315 e. The van der Waals surface area contributed by atoms with Gasteiger partial charge in [0, 0.05) is 6.20 Å². The van der Waals surface area contributed by atoms with Gasteiger partial charge in [-0.15, -0.1) is 10.2 Å². The molecule has 1 aliphatic rings. The summed E-state index contributed by atoms with van der Waals surface area (Å²) in [6, 6.07) is 12.1. The highest BCUT2D eigenvalue weighted by Crippen LogP contribution is 2.36. The summed E-state index contributed by atoms with van der Waals surface area (Å²) in [4.78, 5) is 12.4. The SMILES string of the molecule is Cc1ccc2c(c1)C(NC(=O)NCc1nnc3ccccn13)C(C)C2. The van der Waals surface area contributed by atoms with E-state index in [0.717, 1.165) is 12.1 Å². The molecule has 2 unspecified atom stereocenters. The number of nitrogens with zero attached hydrogens (tertiary/aromatic N) is 3. The molecule has 0 aliphatic heterocycles. The molecule has 2 aromatic heterocycles. The van der Waals surface area contributed by atoms with E-state index in [2.05, 4.69) is 52.9 Å². The number of amides is 2. The van der Waals surface area contributed by atoms with Crippen molar-refractivity contribution in [2.45, 2.75) is 32.9 Å². The zero-order valence-electron chi connectivity index (χ0n) is 14.4. The Hall–Kier alpha value is -2.89. The molecule has 4 rings (SSSR count). The van der Waals surface area contributed by atoms with Gasteiger partial charge in [-0.2, -0.15) is 0 Å². The van der Waals surface area contributed by atoms with Gasteiger partial charge in [-0.1, -0.05) is 36.8 Å². The summed E-state index contributed by atoms with van der Waals surface area (Å²) >= 11 is 0. The molecule has 2 heterocycles. The largest absolute Gasteiger partial charge is 0.331 e. The van der Waals surface area contributed by atoms with Gasteiger partial charge in [0.25, 0.3) is 0 Å². The highest BCUT2D eigenvalue weighted by Gasteiger charge is 2.30. The zero-order valence-corrected chi connectivity index (χ0v) is 14.4. The summed E-state index contributed by atoms with van der Waals surface area (Å²) < 4.78 is 1.87. The molecule has 0 fully saturated rings. The van der Waals surface area contributed by atoms with Gasteiger partial charge in [-0.3, -0.25) is 4.40 Å². The number of carbonyl (C=O) groups excluding carboxylic acids is 1. The maximum absolute atomic E-state index is 12.4. The number of hydrogen-bond acceptors (Lipinski definition) is 3. The average Bonchev–Trinajstić information content (AvgIpc) is 3.15. The molecule has 2 amide bonds. The van der Waals surface area contributed by atoms with Gasteiger partial charge in [0.2, 0.25) is 0 Å². The second kappa shape index (κ2) is 6.20. The van der Waals surface area contributed by atoms with Crippen LogP contribution in [0, 0.1) is 12.8 Å². The van der Waals surface area contributed by atoms with Crippen LogP contribution in [0.25, 0.3) is 5.65 Å². The topological polar surface area (TPSA) is 71.3 Å². The predicted octanol–water partition coefficient (Wildman–Crippen LogP) is 2.77. The molecule has 2 N–H and O–H groups in total. The minimum absolute atomic E-state index is 0.0463. The van der Waals surface area contributed by atoms with Gasteiger partial charge in [0.1, 0.15) is 0 Å². The van der Waals surface area contributed by atoms with Crippen LogP contribution in [0.1, 0.15) is 35.5 Å². The molecular weight excluding hydrogens is 314 g/mol. The summed E-state index contributed by atoms with van der Waals surface area (Å²) in [5.74, 6) is 1.10. The quantitative estimate of drug-likeness (QED) is 0.773. The first-order valence-corrected chi connectivity index (χ1v) is 8.54. The Balaban J connectivity index is 1.44. The van der Waals surface area contributed by atoms with Crippen LogP contribution in [-0.4, -0.2) is 20.6 Å². The first-order chi connectivity index (χ1) is 12.1. The van der Waals surface area contributed by atoms with Crippen LogP contribution >= 0.6 is 0 Å². The van der Waals surface area contributed by atoms with Crippen LogP contribution < -0.4 is 10.6 Å². The molecule has 0 saturated heterocycles. The van der Waals surface area contributed by atoms with Crippen LogP contribution in [0.4, 0.5) is 4.79 Å². The Bertz CT molecular complexity index is 932. The Labute approximate surface area is 146 Å². The normalized spacial score (nSPS) is 19.0. The van der Waals surface area contributed by atoms with E-state index in [1.54, 1.807) is 0 Å². The highest BCUT2D eigenvalue weighted by molar-refractivity contribution is 5.74. The molecule has 0 spiro atoms. The lowest BCUT2D eigenvalue weighted by Crippen LogP contribution is -2.39. The number of pyridine rings is 1. The number of benzene rings is 1. The van der Waals surface area contributed by atoms with Crippen molar-refractivity contribution in [3.63, 3.8) is 0 Å². The fraction of sp³-hybridized carbons (Fsp3) is 0.316. The van der Waals surface area contributed by atoms with Crippen molar-refractivity contribution in [3.05, 3.63) is 65.1 Å². The minimum Gasteiger partial charge on any atom is -0.331 e. The lowest BCUT2D eigenvalue weighted by atomic mass is 10.0. The second-order valence-corrected chi connectivity index (χ2v) is 6.73. The average molecular weight is 335 g/mol. The second-order valence-electron chi connectivity index (χ2n) is 6.73. The van der Waals surface area contributed by atoms with E-state index >= 15 is 0 Å². The number of hydrogen-bond donors (Lipinski definition) is 2. The Kier molecular flexibility index (Phi) is 3.87. The van der Waals surface area contributed by atoms with E-state index in [0.29, 0.717) is 18.3 Å². The molecule has 25 heavy (non-hydrogen) atoms. The summed E-state index contributed by atoms with van der Waals surface area (Å²) in [7, 11) is 0. The van der Waals surface area contributed by atoms with E-state index in [1.807, 2.05) is 28.8 Å². The van der Waals surface area contributed by atoms with E-state index < -0.39 is 0 Å². The third-order valence-corrected chi connectivity index (χ3v) is 4.83. The Morgan fingerprint density at radius 3 is 3.04 bits per heavy atom. The van der Waals surface area contributed by atoms with E-state index in [1.165, 1.54) is 16.7 Å². The maximum Gasteiger partial charge on any atom is 0.315 e. The summed E-state index contributed by atoms with van der Waals surface area (Å²) in [6.45, 7) is 4.59. The van der Waals surface area contributed by atoms with Gasteiger partial charge in [-0.25, -0.2) is 4.79 Å². The van der Waals surface area contributed by atoms with Crippen LogP contribution in [-0.2, 0) is 13.0 Å². The van der Waals surface area contributed by atoms with Crippen molar-refractivity contribution in [1.82, 2.24) is 25.2 Å². The lowest BCUT2D eigenvalue weighted by Gasteiger charge is -2.19. The molecular formula is C19H21N5O. The monoisotopic (exact) mass is 335 g/mol. The van der Waals surface area contributed by atoms with Gasteiger partial charge in [0.05, 0.1) is 12.6 Å². The third kappa shape index (κ3) is 2.95. The molecule has 2 atom stereocenters. The number of rotatable bonds is 3. The molecule has 0 bridgehead atoms. The standard InChI is InChI=1S/C19H21N5O/c1-12-6-7-14-10-13(2)18(15(14)9-12)21-19(25)20-11-17-23-22-16-5-3-4-8-24(16)17/h3-9,13,18H,10-11H2,1-2H3,(H2,20,21,25).